The highest BCUT2D eigenvalue weighted by atomic mass is 16.3. The van der Waals surface area contributed by atoms with E-state index in [-0.39, 0.29) is 6.10 Å². The normalized spacial score (nSPS) is 14.1. The number of hydrogen-bond acceptors (Lipinski definition) is 1. The highest BCUT2D eigenvalue weighted by Crippen LogP contribution is 2.27. The first kappa shape index (κ1) is 16.0. The Hall–Kier alpha value is -0.0400. The molecule has 0 aliphatic heterocycles. The zero-order chi connectivity index (χ0) is 12.6. The molecule has 0 fully saturated rings. The molecule has 1 atom stereocenters. The molecule has 1 unspecified atom stereocenters. The van der Waals surface area contributed by atoms with E-state index in [1.54, 1.807) is 0 Å². The molecule has 1 nitrogen and oxygen atoms in total. The topological polar surface area (TPSA) is 20.2 Å². The molecule has 0 rings (SSSR count). The Bertz CT molecular complexity index is 144. The van der Waals surface area contributed by atoms with Gasteiger partial charge in [-0.3, -0.25) is 0 Å². The van der Waals surface area contributed by atoms with Crippen LogP contribution in [0, 0.1) is 17.8 Å². The highest BCUT2D eigenvalue weighted by molar-refractivity contribution is 4.74. The van der Waals surface area contributed by atoms with Gasteiger partial charge in [0.2, 0.25) is 0 Å². The predicted molar refractivity (Wildman–Crippen MR) is 72.5 cm³/mol. The lowest BCUT2D eigenvalue weighted by molar-refractivity contribution is 0.0447. The largest absolute Gasteiger partial charge is 0.393 e. The van der Waals surface area contributed by atoms with Crippen LogP contribution < -0.4 is 0 Å². The molecule has 1 heteroatoms. The van der Waals surface area contributed by atoms with Crippen LogP contribution in [0.5, 0.6) is 0 Å². The van der Waals surface area contributed by atoms with Crippen molar-refractivity contribution in [2.45, 2.75) is 79.2 Å². The van der Waals surface area contributed by atoms with Gasteiger partial charge < -0.3 is 5.11 Å². The smallest absolute Gasteiger partial charge is 0.0573 e. The Kier molecular flexibility index (Phi) is 9.02. The van der Waals surface area contributed by atoms with E-state index < -0.39 is 0 Å². The molecule has 0 heterocycles. The highest BCUT2D eigenvalue weighted by Gasteiger charge is 2.24. The number of unbranched alkanes of at least 4 members (excludes halogenated alkanes) is 4. The standard InChI is InChI=1S/C15H32O/c1-6-7-8-9-10-11-14(16)15(12(2)3)13(4)5/h12-16H,6-11H2,1-5H3. The first-order chi connectivity index (χ1) is 7.50. The van der Waals surface area contributed by atoms with Crippen LogP contribution in [0.4, 0.5) is 0 Å². The minimum atomic E-state index is -0.0957. The van der Waals surface area contributed by atoms with E-state index in [2.05, 4.69) is 34.6 Å². The maximum Gasteiger partial charge on any atom is 0.0573 e. The summed E-state index contributed by atoms with van der Waals surface area (Å²) >= 11 is 0. The van der Waals surface area contributed by atoms with E-state index in [0.717, 1.165) is 6.42 Å². The summed E-state index contributed by atoms with van der Waals surface area (Å²) in [5, 5.41) is 10.2. The number of aliphatic hydroxyl groups excluding tert-OH is 1. The fourth-order valence-corrected chi connectivity index (χ4v) is 2.81. The van der Waals surface area contributed by atoms with Crippen molar-refractivity contribution in [3.63, 3.8) is 0 Å². The Labute approximate surface area is 103 Å². The summed E-state index contributed by atoms with van der Waals surface area (Å²) in [5.41, 5.74) is 0. The van der Waals surface area contributed by atoms with Crippen LogP contribution >= 0.6 is 0 Å². The zero-order valence-corrected chi connectivity index (χ0v) is 12.0. The van der Waals surface area contributed by atoms with Gasteiger partial charge in [0, 0.05) is 0 Å². The van der Waals surface area contributed by atoms with Crippen molar-refractivity contribution >= 4 is 0 Å². The Morgan fingerprint density at radius 1 is 0.812 bits per heavy atom. The Morgan fingerprint density at radius 2 is 1.31 bits per heavy atom. The predicted octanol–water partition coefficient (Wildman–Crippen LogP) is 4.64. The van der Waals surface area contributed by atoms with Gasteiger partial charge in [-0.15, -0.1) is 0 Å². The van der Waals surface area contributed by atoms with Gasteiger partial charge in [-0.2, -0.15) is 0 Å². The summed E-state index contributed by atoms with van der Waals surface area (Å²) in [6, 6.07) is 0. The fraction of sp³-hybridized carbons (Fsp3) is 1.00. The molecular formula is C15H32O. The van der Waals surface area contributed by atoms with Gasteiger partial charge >= 0.3 is 0 Å². The lowest BCUT2D eigenvalue weighted by Crippen LogP contribution is -2.29. The van der Waals surface area contributed by atoms with Crippen LogP contribution in [0.3, 0.4) is 0 Å². The van der Waals surface area contributed by atoms with Gasteiger partial charge in [0.1, 0.15) is 0 Å². The van der Waals surface area contributed by atoms with Crippen molar-refractivity contribution in [1.29, 1.82) is 0 Å². The van der Waals surface area contributed by atoms with Gasteiger partial charge in [-0.05, 0) is 24.2 Å². The third-order valence-electron chi connectivity index (χ3n) is 3.59. The molecule has 0 saturated heterocycles. The SMILES string of the molecule is CCCCCCCC(O)C(C(C)C)C(C)C. The fourth-order valence-electron chi connectivity index (χ4n) is 2.81. The second-order valence-electron chi connectivity index (χ2n) is 5.84. The first-order valence-corrected chi connectivity index (χ1v) is 7.18. The van der Waals surface area contributed by atoms with Crippen molar-refractivity contribution in [2.24, 2.45) is 17.8 Å². The molecule has 0 radical (unpaired) electrons. The molecular weight excluding hydrogens is 196 g/mol. The summed E-state index contributed by atoms with van der Waals surface area (Å²) < 4.78 is 0. The minimum Gasteiger partial charge on any atom is -0.393 e. The average Bonchev–Trinajstić information content (AvgIpc) is 2.16. The number of hydrogen-bond donors (Lipinski definition) is 1. The van der Waals surface area contributed by atoms with Gasteiger partial charge in [-0.1, -0.05) is 66.7 Å². The van der Waals surface area contributed by atoms with Gasteiger partial charge in [0.15, 0.2) is 0 Å². The van der Waals surface area contributed by atoms with Crippen LogP contribution in [0.2, 0.25) is 0 Å². The summed E-state index contributed by atoms with van der Waals surface area (Å²) in [5.74, 6) is 1.64. The molecule has 0 aromatic rings. The second kappa shape index (κ2) is 9.04. The second-order valence-corrected chi connectivity index (χ2v) is 5.84. The van der Waals surface area contributed by atoms with Crippen molar-refractivity contribution in [2.75, 3.05) is 0 Å². The molecule has 0 aromatic heterocycles. The van der Waals surface area contributed by atoms with Crippen molar-refractivity contribution in [3.05, 3.63) is 0 Å². The third kappa shape index (κ3) is 6.52. The third-order valence-corrected chi connectivity index (χ3v) is 3.59. The monoisotopic (exact) mass is 228 g/mol. The molecule has 16 heavy (non-hydrogen) atoms. The molecule has 0 bridgehead atoms. The zero-order valence-electron chi connectivity index (χ0n) is 12.0. The maximum atomic E-state index is 10.2. The molecule has 0 aliphatic rings. The molecule has 0 aliphatic carbocycles. The average molecular weight is 228 g/mol. The van der Waals surface area contributed by atoms with E-state index >= 15 is 0 Å². The van der Waals surface area contributed by atoms with Crippen LogP contribution in [0.25, 0.3) is 0 Å². The number of rotatable bonds is 9. The van der Waals surface area contributed by atoms with E-state index in [9.17, 15) is 5.11 Å². The van der Waals surface area contributed by atoms with Gasteiger partial charge in [0.05, 0.1) is 6.10 Å². The van der Waals surface area contributed by atoms with Crippen molar-refractivity contribution < 1.29 is 5.11 Å². The van der Waals surface area contributed by atoms with E-state index in [1.165, 1.54) is 32.1 Å². The summed E-state index contributed by atoms with van der Waals surface area (Å²) in [6.45, 7) is 11.1. The maximum absolute atomic E-state index is 10.2. The van der Waals surface area contributed by atoms with Crippen molar-refractivity contribution in [3.8, 4) is 0 Å². The van der Waals surface area contributed by atoms with E-state index in [4.69, 9.17) is 0 Å². The molecule has 0 spiro atoms. The summed E-state index contributed by atoms with van der Waals surface area (Å²) in [6.07, 6.45) is 7.34. The van der Waals surface area contributed by atoms with Crippen LogP contribution in [-0.2, 0) is 0 Å². The Morgan fingerprint density at radius 3 is 1.75 bits per heavy atom. The van der Waals surface area contributed by atoms with E-state index in [0.29, 0.717) is 17.8 Å². The van der Waals surface area contributed by atoms with Gasteiger partial charge in [0.25, 0.3) is 0 Å². The van der Waals surface area contributed by atoms with Crippen LogP contribution in [0.1, 0.15) is 73.1 Å². The van der Waals surface area contributed by atoms with Crippen LogP contribution in [-0.4, -0.2) is 11.2 Å². The minimum absolute atomic E-state index is 0.0957. The first-order valence-electron chi connectivity index (χ1n) is 7.18. The van der Waals surface area contributed by atoms with E-state index in [1.807, 2.05) is 0 Å². The summed E-state index contributed by atoms with van der Waals surface area (Å²) in [4.78, 5) is 0. The van der Waals surface area contributed by atoms with Crippen LogP contribution in [0.15, 0.2) is 0 Å². The Balaban J connectivity index is 3.79. The molecule has 0 amide bonds. The lowest BCUT2D eigenvalue weighted by Gasteiger charge is -2.30. The van der Waals surface area contributed by atoms with Gasteiger partial charge in [-0.25, -0.2) is 0 Å². The van der Waals surface area contributed by atoms with Crippen molar-refractivity contribution in [1.82, 2.24) is 0 Å². The number of aliphatic hydroxyl groups is 1. The molecule has 1 N–H and O–H groups in total. The summed E-state index contributed by atoms with van der Waals surface area (Å²) in [7, 11) is 0. The molecule has 0 saturated carbocycles. The quantitative estimate of drug-likeness (QED) is 0.570. The lowest BCUT2D eigenvalue weighted by atomic mass is 9.79. The molecule has 0 aromatic carbocycles. The molecule has 98 valence electrons.